The lowest BCUT2D eigenvalue weighted by Gasteiger charge is -2.27. The van der Waals surface area contributed by atoms with E-state index in [9.17, 15) is 23.1 Å². The molecular formula is C26H31N3O7S. The summed E-state index contributed by atoms with van der Waals surface area (Å²) in [5.41, 5.74) is 0.672. The highest BCUT2D eigenvalue weighted by Gasteiger charge is 2.46. The highest BCUT2D eigenvalue weighted by molar-refractivity contribution is 7.89. The first-order valence-electron chi connectivity index (χ1n) is 11.9. The number of carbonyl (C=O) groups excluding carboxylic acids is 2. The van der Waals surface area contributed by atoms with Gasteiger partial charge in [0.1, 0.15) is 11.5 Å². The summed E-state index contributed by atoms with van der Waals surface area (Å²) >= 11 is 0. The van der Waals surface area contributed by atoms with Gasteiger partial charge in [0.2, 0.25) is 10.0 Å². The molecule has 198 valence electrons. The molecule has 2 fully saturated rings. The minimum atomic E-state index is -3.83. The van der Waals surface area contributed by atoms with Crippen LogP contribution < -0.4 is 4.74 Å². The fourth-order valence-corrected chi connectivity index (χ4v) is 5.90. The summed E-state index contributed by atoms with van der Waals surface area (Å²) in [6, 6.07) is 11.9. The number of ketones is 1. The van der Waals surface area contributed by atoms with E-state index in [1.165, 1.54) is 40.6 Å². The number of likely N-dealkylation sites (N-methyl/N-ethyl adjacent to an activating group) is 1. The van der Waals surface area contributed by atoms with E-state index in [0.29, 0.717) is 31.1 Å². The first-order valence-corrected chi connectivity index (χ1v) is 13.3. The fourth-order valence-electron chi connectivity index (χ4n) is 4.45. The number of sulfonamides is 1. The van der Waals surface area contributed by atoms with Crippen LogP contribution in [-0.2, 0) is 24.3 Å². The third-order valence-corrected chi connectivity index (χ3v) is 8.37. The van der Waals surface area contributed by atoms with Gasteiger partial charge in [-0.3, -0.25) is 9.59 Å². The summed E-state index contributed by atoms with van der Waals surface area (Å²) in [6.45, 7) is 1.83. The van der Waals surface area contributed by atoms with Crippen molar-refractivity contribution in [1.29, 1.82) is 0 Å². The van der Waals surface area contributed by atoms with Crippen LogP contribution in [-0.4, -0.2) is 99.9 Å². The van der Waals surface area contributed by atoms with Crippen LogP contribution in [0.1, 0.15) is 17.2 Å². The highest BCUT2D eigenvalue weighted by atomic mass is 32.2. The van der Waals surface area contributed by atoms with Gasteiger partial charge in [-0.15, -0.1) is 0 Å². The van der Waals surface area contributed by atoms with Gasteiger partial charge in [0, 0.05) is 31.7 Å². The molecule has 0 spiro atoms. The summed E-state index contributed by atoms with van der Waals surface area (Å²) in [5.74, 6) is -1.36. The van der Waals surface area contributed by atoms with Crippen LogP contribution in [0.3, 0.4) is 0 Å². The van der Waals surface area contributed by atoms with Gasteiger partial charge in [0.15, 0.2) is 0 Å². The van der Waals surface area contributed by atoms with Crippen LogP contribution in [0, 0.1) is 0 Å². The Balaban J connectivity index is 1.79. The molecule has 0 bridgehead atoms. The van der Waals surface area contributed by atoms with Gasteiger partial charge in [-0.2, -0.15) is 4.31 Å². The second-order valence-electron chi connectivity index (χ2n) is 9.11. The fraction of sp³-hybridized carbons (Fsp3) is 0.385. The summed E-state index contributed by atoms with van der Waals surface area (Å²) in [7, 11) is 1.43. The molecule has 1 atom stereocenters. The van der Waals surface area contributed by atoms with Crippen molar-refractivity contribution in [1.82, 2.24) is 14.1 Å². The van der Waals surface area contributed by atoms with Gasteiger partial charge in [-0.05, 0) is 43.9 Å². The van der Waals surface area contributed by atoms with Gasteiger partial charge in [0.25, 0.3) is 11.7 Å². The molecule has 11 heteroatoms. The Labute approximate surface area is 216 Å². The Morgan fingerprint density at radius 3 is 2.41 bits per heavy atom. The van der Waals surface area contributed by atoms with Crippen molar-refractivity contribution < 1.29 is 32.6 Å². The van der Waals surface area contributed by atoms with Gasteiger partial charge in [-0.1, -0.05) is 24.3 Å². The van der Waals surface area contributed by atoms with Crippen LogP contribution in [0.5, 0.6) is 5.75 Å². The average Bonchev–Trinajstić information content (AvgIpc) is 3.17. The van der Waals surface area contributed by atoms with Crippen LogP contribution in [0.2, 0.25) is 0 Å². The molecule has 2 heterocycles. The number of rotatable bonds is 8. The normalized spacial score (nSPS) is 20.5. The molecule has 2 aliphatic heterocycles. The Hall–Kier alpha value is -3.25. The number of nitrogens with zero attached hydrogens (tertiary/aromatic N) is 3. The average molecular weight is 530 g/mol. The number of likely N-dealkylation sites (tertiary alicyclic amines) is 1. The van der Waals surface area contributed by atoms with Gasteiger partial charge < -0.3 is 24.4 Å². The molecular weight excluding hydrogens is 498 g/mol. The van der Waals surface area contributed by atoms with E-state index in [1.54, 1.807) is 24.3 Å². The first-order chi connectivity index (χ1) is 17.6. The van der Waals surface area contributed by atoms with Crippen molar-refractivity contribution in [2.24, 2.45) is 0 Å². The van der Waals surface area contributed by atoms with Crippen molar-refractivity contribution >= 4 is 27.5 Å². The SMILES string of the molecule is COc1ccc([C@H]2C(=C(O)c3cccc(S(=O)(=O)N4CCOCC4)c3)C(=O)C(=O)N2CCN(C)C)cc1. The molecule has 10 nitrogen and oxygen atoms in total. The van der Waals surface area contributed by atoms with Crippen molar-refractivity contribution in [3.63, 3.8) is 0 Å². The molecule has 0 aromatic heterocycles. The predicted molar refractivity (Wildman–Crippen MR) is 137 cm³/mol. The minimum absolute atomic E-state index is 0.0127. The first kappa shape index (κ1) is 26.8. The standard InChI is InChI=1S/C26H31N3O7S/c1-27(2)11-12-29-23(18-7-9-20(35-3)10-8-18)22(25(31)26(29)32)24(30)19-5-4-6-21(17-19)37(33,34)28-13-15-36-16-14-28/h4-10,17,23,30H,11-16H2,1-3H3/t23-/m0/s1. The third-order valence-electron chi connectivity index (χ3n) is 6.47. The number of benzene rings is 2. The molecule has 1 N–H and O–H groups in total. The lowest BCUT2D eigenvalue weighted by molar-refractivity contribution is -0.140. The number of carbonyl (C=O) groups is 2. The predicted octanol–water partition coefficient (Wildman–Crippen LogP) is 1.70. The summed E-state index contributed by atoms with van der Waals surface area (Å²) in [6.07, 6.45) is 0. The number of Topliss-reactive ketones (excluding diaryl/α,β-unsaturated/α-hetero) is 1. The summed E-state index contributed by atoms with van der Waals surface area (Å²) in [4.78, 5) is 29.6. The molecule has 0 unspecified atom stereocenters. The van der Waals surface area contributed by atoms with Crippen molar-refractivity contribution in [3.8, 4) is 5.75 Å². The Morgan fingerprint density at radius 2 is 1.78 bits per heavy atom. The second-order valence-corrected chi connectivity index (χ2v) is 11.1. The quantitative estimate of drug-likeness (QED) is 0.312. The number of methoxy groups -OCH3 is 1. The van der Waals surface area contributed by atoms with E-state index in [4.69, 9.17) is 9.47 Å². The Morgan fingerprint density at radius 1 is 1.11 bits per heavy atom. The minimum Gasteiger partial charge on any atom is -0.507 e. The second kappa shape index (κ2) is 11.0. The van der Waals surface area contributed by atoms with E-state index < -0.39 is 33.5 Å². The van der Waals surface area contributed by atoms with E-state index in [1.807, 2.05) is 19.0 Å². The summed E-state index contributed by atoms with van der Waals surface area (Å²) < 4.78 is 38.2. The number of hydrogen-bond acceptors (Lipinski definition) is 8. The maximum atomic E-state index is 13.2. The molecule has 2 aromatic rings. The number of amides is 1. The molecule has 0 aliphatic carbocycles. The molecule has 0 radical (unpaired) electrons. The molecule has 2 aliphatic rings. The van der Waals surface area contributed by atoms with Gasteiger partial charge in [-0.25, -0.2) is 8.42 Å². The van der Waals surface area contributed by atoms with E-state index >= 15 is 0 Å². The number of aliphatic hydroxyl groups is 1. The monoisotopic (exact) mass is 529 g/mol. The molecule has 0 saturated carbocycles. The van der Waals surface area contributed by atoms with Gasteiger partial charge in [0.05, 0.1) is 36.8 Å². The van der Waals surface area contributed by atoms with Crippen LogP contribution >= 0.6 is 0 Å². The Kier molecular flexibility index (Phi) is 7.98. The maximum Gasteiger partial charge on any atom is 0.295 e. The molecule has 1 amide bonds. The zero-order valence-electron chi connectivity index (χ0n) is 21.1. The number of aliphatic hydroxyl groups excluding tert-OH is 1. The van der Waals surface area contributed by atoms with E-state index in [-0.39, 0.29) is 35.7 Å². The lowest BCUT2D eigenvalue weighted by atomic mass is 9.95. The van der Waals surface area contributed by atoms with Crippen molar-refractivity contribution in [2.75, 3.05) is 60.6 Å². The summed E-state index contributed by atoms with van der Waals surface area (Å²) in [5, 5.41) is 11.4. The molecule has 37 heavy (non-hydrogen) atoms. The van der Waals surface area contributed by atoms with Crippen LogP contribution in [0.25, 0.3) is 5.76 Å². The van der Waals surface area contributed by atoms with E-state index in [2.05, 4.69) is 0 Å². The van der Waals surface area contributed by atoms with E-state index in [0.717, 1.165) is 0 Å². The number of morpholine rings is 1. The van der Waals surface area contributed by atoms with Gasteiger partial charge >= 0.3 is 0 Å². The smallest absolute Gasteiger partial charge is 0.295 e. The molecule has 4 rings (SSSR count). The molecule has 2 saturated heterocycles. The Bertz CT molecular complexity index is 1300. The third kappa shape index (κ3) is 5.40. The number of hydrogen-bond donors (Lipinski definition) is 1. The van der Waals surface area contributed by atoms with Crippen molar-refractivity contribution in [2.45, 2.75) is 10.9 Å². The molecule has 2 aromatic carbocycles. The van der Waals surface area contributed by atoms with Crippen molar-refractivity contribution in [3.05, 3.63) is 65.2 Å². The maximum absolute atomic E-state index is 13.2. The largest absolute Gasteiger partial charge is 0.507 e. The zero-order chi connectivity index (χ0) is 26.7. The lowest BCUT2D eigenvalue weighted by Crippen LogP contribution is -2.40. The number of ether oxygens (including phenoxy) is 2. The van der Waals surface area contributed by atoms with Crippen LogP contribution in [0.15, 0.2) is 59.0 Å². The topological polar surface area (TPSA) is 117 Å². The zero-order valence-corrected chi connectivity index (χ0v) is 21.9. The van der Waals surface area contributed by atoms with Crippen LogP contribution in [0.4, 0.5) is 0 Å². The highest BCUT2D eigenvalue weighted by Crippen LogP contribution is 2.40.